The van der Waals surface area contributed by atoms with Crippen LogP contribution in [0.5, 0.6) is 0 Å². The van der Waals surface area contributed by atoms with Crippen LogP contribution in [0, 0.1) is 6.92 Å². The third kappa shape index (κ3) is 0.992. The predicted octanol–water partition coefficient (Wildman–Crippen LogP) is -1.06. The Balaban J connectivity index is 2.16. The van der Waals surface area contributed by atoms with Crippen molar-refractivity contribution in [2.75, 3.05) is 6.61 Å². The molecule has 0 spiro atoms. The van der Waals surface area contributed by atoms with E-state index < -0.39 is 6.10 Å². The van der Waals surface area contributed by atoms with E-state index in [0.29, 0.717) is 0 Å². The summed E-state index contributed by atoms with van der Waals surface area (Å²) in [6.45, 7) is 3.30. The predicted molar refractivity (Wildman–Crippen MR) is 27.1 cm³/mol. The van der Waals surface area contributed by atoms with Crippen molar-refractivity contribution in [3.05, 3.63) is 6.92 Å². The van der Waals surface area contributed by atoms with Crippen molar-refractivity contribution < 1.29 is 14.9 Å². The zero-order valence-electron chi connectivity index (χ0n) is 4.45. The minimum atomic E-state index is -0.688. The molecule has 0 aromatic carbocycles. The first kappa shape index (κ1) is 6.01. The topological polar surface area (TPSA) is 53.0 Å². The van der Waals surface area contributed by atoms with Crippen LogP contribution in [0.25, 0.3) is 0 Å². The number of rotatable bonds is 2. The van der Waals surface area contributed by atoms with Gasteiger partial charge in [-0.2, -0.15) is 0 Å². The van der Waals surface area contributed by atoms with Gasteiger partial charge in [0.1, 0.15) is 12.2 Å². The minimum absolute atomic E-state index is 0.0166. The van der Waals surface area contributed by atoms with Crippen LogP contribution >= 0.6 is 0 Å². The molecule has 1 radical (unpaired) electrons. The standard InChI is InChI=1S/C5H9O3/c1-3(7)5-4(2-6)8-5/h3-7H,1-2H2. The molecule has 0 saturated carbocycles. The Hall–Kier alpha value is -0.120. The molecule has 1 aliphatic rings. The molecule has 1 fully saturated rings. The molecule has 1 aliphatic heterocycles. The maximum Gasteiger partial charge on any atom is 0.112 e. The first-order valence-corrected chi connectivity index (χ1v) is 2.53. The van der Waals surface area contributed by atoms with Crippen LogP contribution < -0.4 is 0 Å². The molecule has 0 aliphatic carbocycles. The summed E-state index contributed by atoms with van der Waals surface area (Å²) in [5, 5.41) is 17.0. The first-order chi connectivity index (χ1) is 3.75. The van der Waals surface area contributed by atoms with Gasteiger partial charge in [0.05, 0.1) is 12.7 Å². The normalized spacial score (nSPS) is 39.4. The summed E-state index contributed by atoms with van der Waals surface area (Å²) >= 11 is 0. The molecule has 0 amide bonds. The molecular formula is C5H9O3. The van der Waals surface area contributed by atoms with E-state index in [2.05, 4.69) is 6.92 Å². The van der Waals surface area contributed by atoms with Crippen molar-refractivity contribution in [2.24, 2.45) is 0 Å². The molecule has 3 atom stereocenters. The van der Waals surface area contributed by atoms with Crippen LogP contribution in [0.15, 0.2) is 0 Å². The number of aliphatic hydroxyl groups excluding tert-OH is 2. The number of hydrogen-bond acceptors (Lipinski definition) is 3. The molecule has 1 rings (SSSR count). The third-order valence-electron chi connectivity index (χ3n) is 1.18. The summed E-state index contributed by atoms with van der Waals surface area (Å²) in [6.07, 6.45) is -1.07. The average molecular weight is 117 g/mol. The van der Waals surface area contributed by atoms with E-state index in [0.717, 1.165) is 0 Å². The molecule has 1 heterocycles. The Morgan fingerprint density at radius 2 is 2.38 bits per heavy atom. The zero-order chi connectivity index (χ0) is 6.15. The van der Waals surface area contributed by atoms with Crippen LogP contribution in [0.1, 0.15) is 0 Å². The van der Waals surface area contributed by atoms with E-state index in [1.807, 2.05) is 0 Å². The molecule has 47 valence electrons. The summed E-state index contributed by atoms with van der Waals surface area (Å²) in [4.78, 5) is 0. The molecule has 0 aromatic rings. The molecule has 3 nitrogen and oxygen atoms in total. The molecule has 8 heavy (non-hydrogen) atoms. The Labute approximate surface area is 47.9 Å². The highest BCUT2D eigenvalue weighted by atomic mass is 16.6. The van der Waals surface area contributed by atoms with Crippen LogP contribution in [-0.4, -0.2) is 35.1 Å². The lowest BCUT2D eigenvalue weighted by Gasteiger charge is -1.93. The van der Waals surface area contributed by atoms with Crippen molar-refractivity contribution in [1.82, 2.24) is 0 Å². The number of hydrogen-bond donors (Lipinski definition) is 2. The Bertz CT molecular complexity index is 81.7. The zero-order valence-corrected chi connectivity index (χ0v) is 4.45. The molecule has 3 unspecified atom stereocenters. The van der Waals surface area contributed by atoms with E-state index in [-0.39, 0.29) is 18.8 Å². The second kappa shape index (κ2) is 2.01. The van der Waals surface area contributed by atoms with Crippen LogP contribution in [0.3, 0.4) is 0 Å². The molecule has 1 saturated heterocycles. The molecule has 0 bridgehead atoms. The second-order valence-corrected chi connectivity index (χ2v) is 1.89. The third-order valence-corrected chi connectivity index (χ3v) is 1.18. The van der Waals surface area contributed by atoms with Gasteiger partial charge in [0.25, 0.3) is 0 Å². The quantitative estimate of drug-likeness (QED) is 0.453. The first-order valence-electron chi connectivity index (χ1n) is 2.53. The van der Waals surface area contributed by atoms with E-state index >= 15 is 0 Å². The second-order valence-electron chi connectivity index (χ2n) is 1.89. The molecule has 2 N–H and O–H groups in total. The monoisotopic (exact) mass is 117 g/mol. The lowest BCUT2D eigenvalue weighted by atomic mass is 10.2. The maximum absolute atomic E-state index is 8.65. The van der Waals surface area contributed by atoms with Gasteiger partial charge in [-0.05, 0) is 6.92 Å². The van der Waals surface area contributed by atoms with Crippen molar-refractivity contribution in [1.29, 1.82) is 0 Å². The number of epoxide rings is 1. The van der Waals surface area contributed by atoms with Gasteiger partial charge >= 0.3 is 0 Å². The van der Waals surface area contributed by atoms with Crippen molar-refractivity contribution in [3.63, 3.8) is 0 Å². The molecule has 3 heteroatoms. The lowest BCUT2D eigenvalue weighted by Crippen LogP contribution is -2.13. The van der Waals surface area contributed by atoms with Crippen molar-refractivity contribution in [3.8, 4) is 0 Å². The highest BCUT2D eigenvalue weighted by molar-refractivity contribution is 4.90. The smallest absolute Gasteiger partial charge is 0.112 e. The number of ether oxygens (including phenoxy) is 1. The van der Waals surface area contributed by atoms with E-state index in [4.69, 9.17) is 14.9 Å². The Morgan fingerprint density at radius 1 is 1.75 bits per heavy atom. The average Bonchev–Trinajstić information content (AvgIpc) is 2.42. The minimum Gasteiger partial charge on any atom is -0.394 e. The van der Waals surface area contributed by atoms with Gasteiger partial charge in [0, 0.05) is 0 Å². The fourth-order valence-corrected chi connectivity index (χ4v) is 0.642. The fraction of sp³-hybridized carbons (Fsp3) is 0.800. The summed E-state index contributed by atoms with van der Waals surface area (Å²) in [5.74, 6) is 0. The summed E-state index contributed by atoms with van der Waals surface area (Å²) in [5.41, 5.74) is 0. The molecular weight excluding hydrogens is 108 g/mol. The van der Waals surface area contributed by atoms with Gasteiger partial charge in [-0.3, -0.25) is 0 Å². The molecule has 0 aromatic heterocycles. The van der Waals surface area contributed by atoms with Crippen LogP contribution in [-0.2, 0) is 4.74 Å². The van der Waals surface area contributed by atoms with E-state index in [1.54, 1.807) is 0 Å². The number of aliphatic hydroxyl groups is 2. The summed E-state index contributed by atoms with van der Waals surface area (Å²) in [7, 11) is 0. The van der Waals surface area contributed by atoms with Gasteiger partial charge in [-0.1, -0.05) is 0 Å². The fourth-order valence-electron chi connectivity index (χ4n) is 0.642. The van der Waals surface area contributed by atoms with E-state index in [9.17, 15) is 0 Å². The SMILES string of the molecule is [CH2]C(O)C1OC1CO. The van der Waals surface area contributed by atoms with Gasteiger partial charge in [-0.25, -0.2) is 0 Å². The van der Waals surface area contributed by atoms with E-state index in [1.165, 1.54) is 0 Å². The maximum atomic E-state index is 8.65. The van der Waals surface area contributed by atoms with Gasteiger partial charge in [-0.15, -0.1) is 0 Å². The highest BCUT2D eigenvalue weighted by Gasteiger charge is 2.41. The van der Waals surface area contributed by atoms with Crippen molar-refractivity contribution >= 4 is 0 Å². The Morgan fingerprint density at radius 3 is 2.50 bits per heavy atom. The van der Waals surface area contributed by atoms with Crippen LogP contribution in [0.4, 0.5) is 0 Å². The highest BCUT2D eigenvalue weighted by Crippen LogP contribution is 2.23. The van der Waals surface area contributed by atoms with Gasteiger partial charge < -0.3 is 14.9 Å². The summed E-state index contributed by atoms with van der Waals surface area (Å²) < 4.78 is 4.77. The van der Waals surface area contributed by atoms with Crippen LogP contribution in [0.2, 0.25) is 0 Å². The Kier molecular flexibility index (Phi) is 1.51. The summed E-state index contributed by atoms with van der Waals surface area (Å²) in [6, 6.07) is 0. The lowest BCUT2D eigenvalue weighted by molar-refractivity contribution is 0.174. The van der Waals surface area contributed by atoms with Gasteiger partial charge in [0.15, 0.2) is 0 Å². The van der Waals surface area contributed by atoms with Gasteiger partial charge in [0.2, 0.25) is 0 Å². The van der Waals surface area contributed by atoms with Crippen molar-refractivity contribution in [2.45, 2.75) is 18.3 Å². The largest absolute Gasteiger partial charge is 0.394 e.